The van der Waals surface area contributed by atoms with Crippen LogP contribution in [0.3, 0.4) is 0 Å². The third-order valence-electron chi connectivity index (χ3n) is 5.73. The van der Waals surface area contributed by atoms with Crippen LogP contribution in [0.25, 0.3) is 16.7 Å². The molecule has 1 atom stereocenters. The second-order valence-electron chi connectivity index (χ2n) is 8.24. The van der Waals surface area contributed by atoms with Crippen LogP contribution in [0, 0.1) is 11.3 Å². The number of nitrogens with one attached hydrogen (secondary N) is 1. The maximum absolute atomic E-state index is 11.7. The highest BCUT2D eigenvalue weighted by Crippen LogP contribution is 2.30. The normalized spacial score (nSPS) is 15.4. The number of phenols is 1. The first-order valence-electron chi connectivity index (χ1n) is 10.9. The molecule has 0 fully saturated rings. The zero-order valence-electron chi connectivity index (χ0n) is 18.7. The number of ketones is 1. The number of aromatic hydroxyl groups is 1. The molecule has 5 heteroatoms. The molecule has 0 bridgehead atoms. The first-order chi connectivity index (χ1) is 15.9. The molecule has 0 amide bonds. The Morgan fingerprint density at radius 3 is 2.36 bits per heavy atom. The van der Waals surface area contributed by atoms with Gasteiger partial charge in [0, 0.05) is 11.3 Å². The largest absolute Gasteiger partial charge is 0.508 e. The number of benzene rings is 3. The molecule has 0 saturated heterocycles. The van der Waals surface area contributed by atoms with Crippen molar-refractivity contribution in [1.29, 1.82) is 5.26 Å². The number of rotatable bonds is 6. The summed E-state index contributed by atoms with van der Waals surface area (Å²) >= 11 is 0. The molecule has 1 aliphatic heterocycles. The van der Waals surface area contributed by atoms with E-state index in [-0.39, 0.29) is 24.0 Å². The number of nitrogens with zero attached hydrogens (tertiary/aromatic N) is 2. The maximum Gasteiger partial charge on any atom is 0.137 e. The summed E-state index contributed by atoms with van der Waals surface area (Å²) in [5, 5.41) is 22.6. The second kappa shape index (κ2) is 9.54. The van der Waals surface area contributed by atoms with E-state index in [0.717, 1.165) is 33.5 Å². The molecular formula is C28H25N3O2. The van der Waals surface area contributed by atoms with Crippen molar-refractivity contribution in [3.8, 4) is 22.9 Å². The molecular weight excluding hydrogens is 410 g/mol. The smallest absolute Gasteiger partial charge is 0.137 e. The Balaban J connectivity index is 1.64. The SMILES string of the molecule is CC(=O)CC1=NC(C)=C(c2ccc(O)cc2)C(Cc2ccc(-c3ccccc3C#N)cc2)N1. The molecule has 33 heavy (non-hydrogen) atoms. The van der Waals surface area contributed by atoms with Crippen LogP contribution in [0.1, 0.15) is 37.0 Å². The molecule has 0 saturated carbocycles. The minimum atomic E-state index is -0.0707. The predicted molar refractivity (Wildman–Crippen MR) is 131 cm³/mol. The third-order valence-corrected chi connectivity index (χ3v) is 5.73. The van der Waals surface area contributed by atoms with Crippen molar-refractivity contribution >= 4 is 17.2 Å². The molecule has 1 heterocycles. The molecule has 5 nitrogen and oxygen atoms in total. The van der Waals surface area contributed by atoms with Gasteiger partial charge < -0.3 is 10.4 Å². The van der Waals surface area contributed by atoms with Crippen molar-refractivity contribution in [2.75, 3.05) is 0 Å². The summed E-state index contributed by atoms with van der Waals surface area (Å²) in [6.07, 6.45) is 0.964. The van der Waals surface area contributed by atoms with E-state index >= 15 is 0 Å². The zero-order chi connectivity index (χ0) is 23.4. The molecule has 1 unspecified atom stereocenters. The van der Waals surface area contributed by atoms with Gasteiger partial charge in [-0.05, 0) is 60.7 Å². The van der Waals surface area contributed by atoms with Gasteiger partial charge in [0.2, 0.25) is 0 Å². The average molecular weight is 436 g/mol. The van der Waals surface area contributed by atoms with Crippen molar-refractivity contribution in [3.63, 3.8) is 0 Å². The van der Waals surface area contributed by atoms with Crippen molar-refractivity contribution in [2.24, 2.45) is 4.99 Å². The van der Waals surface area contributed by atoms with Gasteiger partial charge >= 0.3 is 0 Å². The molecule has 0 aliphatic carbocycles. The summed E-state index contributed by atoms with van der Waals surface area (Å²) in [6, 6.07) is 25.1. The van der Waals surface area contributed by atoms with Crippen LogP contribution < -0.4 is 5.32 Å². The number of nitriles is 1. The van der Waals surface area contributed by atoms with E-state index in [4.69, 9.17) is 0 Å². The van der Waals surface area contributed by atoms with E-state index < -0.39 is 0 Å². The van der Waals surface area contributed by atoms with E-state index in [0.29, 0.717) is 17.8 Å². The fraction of sp³-hybridized carbons (Fsp3) is 0.179. The molecule has 0 radical (unpaired) electrons. The Kier molecular flexibility index (Phi) is 6.37. The topological polar surface area (TPSA) is 85.5 Å². The van der Waals surface area contributed by atoms with Gasteiger partial charge in [0.05, 0.1) is 24.1 Å². The Morgan fingerprint density at radius 2 is 1.70 bits per heavy atom. The number of Topliss-reactive ketones (excluding diaryl/α,β-unsaturated/α-hetero) is 1. The zero-order valence-corrected chi connectivity index (χ0v) is 18.7. The minimum Gasteiger partial charge on any atom is -0.508 e. The van der Waals surface area contributed by atoms with E-state index in [9.17, 15) is 15.2 Å². The second-order valence-corrected chi connectivity index (χ2v) is 8.24. The molecule has 2 N–H and O–H groups in total. The van der Waals surface area contributed by atoms with Gasteiger partial charge in [-0.1, -0.05) is 54.6 Å². The first-order valence-corrected chi connectivity index (χ1v) is 10.9. The summed E-state index contributed by atoms with van der Waals surface area (Å²) in [5.41, 5.74) is 6.57. The van der Waals surface area contributed by atoms with Crippen LogP contribution in [-0.4, -0.2) is 22.8 Å². The van der Waals surface area contributed by atoms with Crippen molar-refractivity contribution in [2.45, 2.75) is 32.7 Å². The highest BCUT2D eigenvalue weighted by Gasteiger charge is 2.25. The summed E-state index contributed by atoms with van der Waals surface area (Å²) in [4.78, 5) is 16.3. The summed E-state index contributed by atoms with van der Waals surface area (Å²) in [5.74, 6) is 0.944. The molecule has 3 aromatic carbocycles. The quantitative estimate of drug-likeness (QED) is 0.553. The number of aliphatic imine (C=N–C) groups is 1. The predicted octanol–water partition coefficient (Wildman–Crippen LogP) is 5.25. The van der Waals surface area contributed by atoms with Crippen LogP contribution in [0.2, 0.25) is 0 Å². The lowest BCUT2D eigenvalue weighted by Gasteiger charge is -2.29. The lowest BCUT2D eigenvalue weighted by atomic mass is 9.89. The van der Waals surface area contributed by atoms with Crippen LogP contribution in [0.5, 0.6) is 5.75 Å². The van der Waals surface area contributed by atoms with Gasteiger partial charge in [0.1, 0.15) is 17.4 Å². The van der Waals surface area contributed by atoms with Crippen LogP contribution in [0.15, 0.2) is 83.5 Å². The van der Waals surface area contributed by atoms with Crippen molar-refractivity contribution < 1.29 is 9.90 Å². The van der Waals surface area contributed by atoms with Gasteiger partial charge in [-0.2, -0.15) is 5.26 Å². The molecule has 1 aliphatic rings. The van der Waals surface area contributed by atoms with Gasteiger partial charge in [0.25, 0.3) is 0 Å². The van der Waals surface area contributed by atoms with E-state index in [1.807, 2.05) is 55.5 Å². The number of phenolic OH excluding ortho intramolecular Hbond substituents is 1. The Morgan fingerprint density at radius 1 is 1.03 bits per heavy atom. The summed E-state index contributed by atoms with van der Waals surface area (Å²) in [7, 11) is 0. The number of carbonyl (C=O) groups excluding carboxylic acids is 1. The molecule has 3 aromatic rings. The molecule has 164 valence electrons. The first kappa shape index (κ1) is 22.0. The maximum atomic E-state index is 11.7. The Hall–Kier alpha value is -4.17. The van der Waals surface area contributed by atoms with Gasteiger partial charge in [-0.15, -0.1) is 0 Å². The summed E-state index contributed by atoms with van der Waals surface area (Å²) in [6.45, 7) is 3.52. The van der Waals surface area contributed by atoms with Crippen LogP contribution in [-0.2, 0) is 11.2 Å². The standard InChI is InChI=1S/C28H25N3O2/c1-18(32)15-27-30-19(2)28(22-11-13-24(33)14-12-22)26(31-27)16-20-7-9-21(10-8-20)25-6-4-3-5-23(25)17-29/h3-14,26,33H,15-16H2,1-2H3,(H,30,31). The highest BCUT2D eigenvalue weighted by atomic mass is 16.3. The number of hydrogen-bond donors (Lipinski definition) is 2. The highest BCUT2D eigenvalue weighted by molar-refractivity contribution is 6.02. The molecule has 0 aromatic heterocycles. The Labute approximate surface area is 193 Å². The third kappa shape index (κ3) is 5.02. The van der Waals surface area contributed by atoms with Gasteiger partial charge in [0.15, 0.2) is 0 Å². The fourth-order valence-corrected chi connectivity index (χ4v) is 4.24. The number of allylic oxidation sites excluding steroid dienone is 1. The number of amidine groups is 1. The van der Waals surface area contributed by atoms with Gasteiger partial charge in [-0.3, -0.25) is 4.79 Å². The Bertz CT molecular complexity index is 1280. The van der Waals surface area contributed by atoms with E-state index in [1.165, 1.54) is 0 Å². The lowest BCUT2D eigenvalue weighted by molar-refractivity contribution is -0.115. The monoisotopic (exact) mass is 435 g/mol. The molecule has 0 spiro atoms. The van der Waals surface area contributed by atoms with E-state index in [1.54, 1.807) is 19.1 Å². The van der Waals surface area contributed by atoms with E-state index in [2.05, 4.69) is 28.5 Å². The fourth-order valence-electron chi connectivity index (χ4n) is 4.24. The van der Waals surface area contributed by atoms with Crippen LogP contribution >= 0.6 is 0 Å². The van der Waals surface area contributed by atoms with Crippen molar-refractivity contribution in [3.05, 3.63) is 95.2 Å². The summed E-state index contributed by atoms with van der Waals surface area (Å²) < 4.78 is 0. The number of hydrogen-bond acceptors (Lipinski definition) is 5. The molecule has 4 rings (SSSR count). The lowest BCUT2D eigenvalue weighted by Crippen LogP contribution is -2.41. The minimum absolute atomic E-state index is 0.0568. The number of carbonyl (C=O) groups is 1. The van der Waals surface area contributed by atoms with Gasteiger partial charge in [-0.25, -0.2) is 4.99 Å². The van der Waals surface area contributed by atoms with Crippen LogP contribution in [0.4, 0.5) is 0 Å². The van der Waals surface area contributed by atoms with Crippen molar-refractivity contribution in [1.82, 2.24) is 5.32 Å². The average Bonchev–Trinajstić information content (AvgIpc) is 2.80.